The standard InChI is InChI=1S/C12H11Cl2N3O2/c13-7-4-15-12(14)17-10(7)16-9-6-2-1-5(3-6)8(9)11(18)19/h1-2,4-6,8-9H,3H2,(H,18,19)(H,15,16,17). The van der Waals surface area contributed by atoms with Gasteiger partial charge in [-0.3, -0.25) is 4.79 Å². The van der Waals surface area contributed by atoms with E-state index in [-0.39, 0.29) is 23.2 Å². The molecule has 1 heterocycles. The summed E-state index contributed by atoms with van der Waals surface area (Å²) in [6.45, 7) is 0. The van der Waals surface area contributed by atoms with Gasteiger partial charge in [-0.25, -0.2) is 4.98 Å². The van der Waals surface area contributed by atoms with Crippen LogP contribution in [0.15, 0.2) is 18.3 Å². The van der Waals surface area contributed by atoms with Crippen molar-refractivity contribution in [1.29, 1.82) is 0 Å². The van der Waals surface area contributed by atoms with E-state index in [1.165, 1.54) is 6.20 Å². The van der Waals surface area contributed by atoms with Gasteiger partial charge in [0.15, 0.2) is 0 Å². The molecule has 4 atom stereocenters. The minimum atomic E-state index is -0.800. The summed E-state index contributed by atoms with van der Waals surface area (Å²) in [5.41, 5.74) is 0. The number of halogens is 2. The summed E-state index contributed by atoms with van der Waals surface area (Å²) < 4.78 is 0. The molecule has 5 nitrogen and oxygen atoms in total. The Kier molecular flexibility index (Phi) is 3.11. The predicted octanol–water partition coefficient (Wildman–Crippen LogP) is 2.47. The summed E-state index contributed by atoms with van der Waals surface area (Å²) in [6, 6.07) is -0.212. The van der Waals surface area contributed by atoms with Crippen LogP contribution in [-0.2, 0) is 4.79 Å². The Hall–Kier alpha value is -1.33. The zero-order chi connectivity index (χ0) is 13.6. The first-order valence-electron chi connectivity index (χ1n) is 5.92. The van der Waals surface area contributed by atoms with Crippen molar-refractivity contribution < 1.29 is 9.90 Å². The molecule has 0 spiro atoms. The smallest absolute Gasteiger partial charge is 0.309 e. The van der Waals surface area contributed by atoms with Crippen LogP contribution in [-0.4, -0.2) is 27.1 Å². The molecule has 3 rings (SSSR count). The summed E-state index contributed by atoms with van der Waals surface area (Å²) >= 11 is 11.7. The average Bonchev–Trinajstić information content (AvgIpc) is 2.94. The van der Waals surface area contributed by atoms with E-state index in [4.69, 9.17) is 23.2 Å². The molecule has 1 aromatic heterocycles. The number of carboxylic acids is 1. The lowest BCUT2D eigenvalue weighted by Gasteiger charge is -2.26. The topological polar surface area (TPSA) is 75.1 Å². The van der Waals surface area contributed by atoms with Crippen LogP contribution in [0.25, 0.3) is 0 Å². The zero-order valence-corrected chi connectivity index (χ0v) is 11.3. The number of hydrogen-bond acceptors (Lipinski definition) is 4. The van der Waals surface area contributed by atoms with Crippen LogP contribution in [0.4, 0.5) is 5.82 Å². The highest BCUT2D eigenvalue weighted by atomic mass is 35.5. The molecule has 0 aliphatic heterocycles. The van der Waals surface area contributed by atoms with E-state index in [0.29, 0.717) is 10.8 Å². The van der Waals surface area contributed by atoms with E-state index in [2.05, 4.69) is 21.4 Å². The van der Waals surface area contributed by atoms with E-state index in [1.807, 2.05) is 6.08 Å². The molecule has 7 heteroatoms. The van der Waals surface area contributed by atoms with E-state index >= 15 is 0 Å². The van der Waals surface area contributed by atoms with Crippen LogP contribution in [0.1, 0.15) is 6.42 Å². The van der Waals surface area contributed by atoms with Gasteiger partial charge in [0, 0.05) is 6.04 Å². The number of carbonyl (C=O) groups is 1. The maximum absolute atomic E-state index is 11.4. The molecule has 1 aromatic rings. The van der Waals surface area contributed by atoms with Crippen molar-refractivity contribution in [2.45, 2.75) is 12.5 Å². The fourth-order valence-electron chi connectivity index (χ4n) is 2.96. The summed E-state index contributed by atoms with van der Waals surface area (Å²) in [7, 11) is 0. The first-order chi connectivity index (χ1) is 9.06. The largest absolute Gasteiger partial charge is 0.481 e. The van der Waals surface area contributed by atoms with E-state index < -0.39 is 11.9 Å². The number of nitrogens with one attached hydrogen (secondary N) is 1. The Morgan fingerprint density at radius 3 is 2.84 bits per heavy atom. The van der Waals surface area contributed by atoms with Gasteiger partial charge in [-0.05, 0) is 29.9 Å². The van der Waals surface area contributed by atoms with Gasteiger partial charge in [-0.15, -0.1) is 0 Å². The number of nitrogens with zero attached hydrogens (tertiary/aromatic N) is 2. The molecule has 1 saturated carbocycles. The van der Waals surface area contributed by atoms with E-state index in [0.717, 1.165) is 6.42 Å². The molecule has 100 valence electrons. The molecule has 19 heavy (non-hydrogen) atoms. The average molecular weight is 300 g/mol. The Bertz CT molecular complexity index is 564. The number of hydrogen-bond donors (Lipinski definition) is 2. The second-order valence-corrected chi connectivity index (χ2v) is 5.56. The fourth-order valence-corrected chi connectivity index (χ4v) is 3.24. The van der Waals surface area contributed by atoms with Gasteiger partial charge in [-0.2, -0.15) is 4.98 Å². The first-order valence-corrected chi connectivity index (χ1v) is 6.67. The molecule has 0 radical (unpaired) electrons. The first kappa shape index (κ1) is 12.7. The fraction of sp³-hybridized carbons (Fsp3) is 0.417. The Balaban J connectivity index is 1.88. The van der Waals surface area contributed by atoms with Crippen LogP contribution in [0, 0.1) is 17.8 Å². The van der Waals surface area contributed by atoms with Crippen molar-refractivity contribution >= 4 is 35.0 Å². The van der Waals surface area contributed by atoms with Gasteiger partial charge in [0.05, 0.1) is 12.1 Å². The van der Waals surface area contributed by atoms with Crippen molar-refractivity contribution in [3.05, 3.63) is 28.7 Å². The number of carboxylic acid groups (broad SMARTS) is 1. The Morgan fingerprint density at radius 2 is 2.11 bits per heavy atom. The number of aliphatic carboxylic acids is 1. The third-order valence-corrected chi connectivity index (χ3v) is 4.22. The number of fused-ring (bicyclic) bond motifs is 2. The quantitative estimate of drug-likeness (QED) is 0.662. The molecule has 2 aliphatic carbocycles. The summed E-state index contributed by atoms with van der Waals surface area (Å²) in [5, 5.41) is 12.9. The normalized spacial score (nSPS) is 31.7. The van der Waals surface area contributed by atoms with Crippen LogP contribution < -0.4 is 5.32 Å². The van der Waals surface area contributed by atoms with Crippen molar-refractivity contribution in [3.63, 3.8) is 0 Å². The SMILES string of the molecule is O=C(O)C1C2C=CC(C2)C1Nc1nc(Cl)ncc1Cl. The molecule has 4 unspecified atom stereocenters. The molecular formula is C12H11Cl2N3O2. The maximum Gasteiger partial charge on any atom is 0.309 e. The molecule has 2 N–H and O–H groups in total. The highest BCUT2D eigenvalue weighted by Crippen LogP contribution is 2.45. The molecule has 0 amide bonds. The minimum Gasteiger partial charge on any atom is -0.481 e. The lowest BCUT2D eigenvalue weighted by molar-refractivity contribution is -0.142. The zero-order valence-electron chi connectivity index (χ0n) is 9.75. The minimum absolute atomic E-state index is 0.0797. The van der Waals surface area contributed by atoms with Crippen molar-refractivity contribution in [2.24, 2.45) is 17.8 Å². The molecule has 0 aromatic carbocycles. The number of anilines is 1. The summed E-state index contributed by atoms with van der Waals surface area (Å²) in [4.78, 5) is 19.2. The monoisotopic (exact) mass is 299 g/mol. The number of aromatic nitrogens is 2. The van der Waals surface area contributed by atoms with E-state index in [9.17, 15) is 9.90 Å². The number of allylic oxidation sites excluding steroid dienone is 1. The van der Waals surface area contributed by atoms with Crippen LogP contribution in [0.3, 0.4) is 0 Å². The van der Waals surface area contributed by atoms with Gasteiger partial charge in [0.1, 0.15) is 10.8 Å². The highest BCUT2D eigenvalue weighted by molar-refractivity contribution is 6.33. The maximum atomic E-state index is 11.4. The van der Waals surface area contributed by atoms with Crippen molar-refractivity contribution in [2.75, 3.05) is 5.32 Å². The molecule has 1 fully saturated rings. The summed E-state index contributed by atoms with van der Waals surface area (Å²) in [5.74, 6) is -0.601. The van der Waals surface area contributed by atoms with Crippen LogP contribution >= 0.6 is 23.2 Å². The van der Waals surface area contributed by atoms with Gasteiger partial charge < -0.3 is 10.4 Å². The molecule has 0 saturated heterocycles. The lowest BCUT2D eigenvalue weighted by atomic mass is 9.89. The number of rotatable bonds is 3. The second kappa shape index (κ2) is 4.65. The van der Waals surface area contributed by atoms with Gasteiger partial charge >= 0.3 is 5.97 Å². The van der Waals surface area contributed by atoms with Gasteiger partial charge in [0.2, 0.25) is 5.28 Å². The lowest BCUT2D eigenvalue weighted by Crippen LogP contribution is -2.38. The third-order valence-electron chi connectivity index (χ3n) is 3.76. The van der Waals surface area contributed by atoms with Gasteiger partial charge in [-0.1, -0.05) is 23.8 Å². The van der Waals surface area contributed by atoms with Crippen molar-refractivity contribution in [1.82, 2.24) is 9.97 Å². The van der Waals surface area contributed by atoms with Crippen LogP contribution in [0.5, 0.6) is 0 Å². The third kappa shape index (κ3) is 2.17. The Labute approximate surface area is 119 Å². The molecule has 2 bridgehead atoms. The molecule has 2 aliphatic rings. The van der Waals surface area contributed by atoms with Crippen LogP contribution in [0.2, 0.25) is 10.3 Å². The van der Waals surface area contributed by atoms with E-state index in [1.54, 1.807) is 0 Å². The predicted molar refractivity (Wildman–Crippen MR) is 71.3 cm³/mol. The second-order valence-electron chi connectivity index (χ2n) is 4.82. The highest BCUT2D eigenvalue weighted by Gasteiger charge is 2.48. The summed E-state index contributed by atoms with van der Waals surface area (Å²) in [6.07, 6.45) is 6.29. The molecular weight excluding hydrogens is 289 g/mol. The van der Waals surface area contributed by atoms with Gasteiger partial charge in [0.25, 0.3) is 0 Å². The Morgan fingerprint density at radius 1 is 1.37 bits per heavy atom. The van der Waals surface area contributed by atoms with Crippen molar-refractivity contribution in [3.8, 4) is 0 Å².